The van der Waals surface area contributed by atoms with Crippen LogP contribution >= 0.6 is 47.8 Å². The summed E-state index contributed by atoms with van der Waals surface area (Å²) in [4.78, 5) is 11.6. The molecule has 0 aliphatic heterocycles. The Kier molecular flexibility index (Phi) is 6.22. The Balaban J connectivity index is 2.69. The summed E-state index contributed by atoms with van der Waals surface area (Å²) in [6, 6.07) is 6.02. The van der Waals surface area contributed by atoms with Gasteiger partial charge >= 0.3 is 0 Å². The number of halogens is 3. The van der Waals surface area contributed by atoms with Gasteiger partial charge in [0, 0.05) is 15.4 Å². The Bertz CT molecular complexity index is 377. The number of alkyl halides is 1. The number of benzene rings is 1. The first-order valence-electron chi connectivity index (χ1n) is 5.15. The van der Waals surface area contributed by atoms with Crippen molar-refractivity contribution >= 4 is 53.6 Å². The third-order valence-electron chi connectivity index (χ3n) is 2.26. The molecule has 1 nitrogen and oxygen atoms in total. The van der Waals surface area contributed by atoms with Crippen LogP contribution in [0.15, 0.2) is 27.1 Å². The second-order valence-electron chi connectivity index (χ2n) is 3.62. The number of hydrogen-bond donors (Lipinski definition) is 0. The van der Waals surface area contributed by atoms with Crippen molar-refractivity contribution in [2.75, 3.05) is 0 Å². The summed E-state index contributed by atoms with van der Waals surface area (Å²) in [5.74, 6) is 0.275. The molecule has 0 bridgehead atoms. The van der Waals surface area contributed by atoms with Crippen LogP contribution in [0, 0.1) is 0 Å². The summed E-state index contributed by atoms with van der Waals surface area (Å²) < 4.78 is 2.07. The van der Waals surface area contributed by atoms with Crippen LogP contribution in [0.1, 0.15) is 25.3 Å². The van der Waals surface area contributed by atoms with E-state index in [4.69, 9.17) is 0 Å². The van der Waals surface area contributed by atoms with Crippen LogP contribution in [0.4, 0.5) is 0 Å². The molecular formula is C12H13Br3O. The van der Waals surface area contributed by atoms with Crippen LogP contribution in [0.25, 0.3) is 0 Å². The lowest BCUT2D eigenvalue weighted by Gasteiger charge is -2.10. The van der Waals surface area contributed by atoms with Gasteiger partial charge in [-0.05, 0) is 30.5 Å². The number of rotatable bonds is 5. The van der Waals surface area contributed by atoms with Crippen molar-refractivity contribution < 1.29 is 4.79 Å². The van der Waals surface area contributed by atoms with Crippen LogP contribution < -0.4 is 0 Å². The van der Waals surface area contributed by atoms with Crippen LogP contribution in [0.5, 0.6) is 0 Å². The largest absolute Gasteiger partial charge is 0.298 e. The molecule has 0 aromatic heterocycles. The molecule has 0 aliphatic rings. The van der Waals surface area contributed by atoms with Crippen LogP contribution in [-0.2, 0) is 11.2 Å². The highest BCUT2D eigenvalue weighted by molar-refractivity contribution is 9.11. The molecule has 1 rings (SSSR count). The van der Waals surface area contributed by atoms with Gasteiger partial charge in [-0.15, -0.1) is 0 Å². The predicted octanol–water partition coefficient (Wildman–Crippen LogP) is 4.89. The summed E-state index contributed by atoms with van der Waals surface area (Å²) in [7, 11) is 0. The second-order valence-corrected chi connectivity index (χ2v) is 6.50. The molecule has 0 saturated carbocycles. The first-order chi connectivity index (χ1) is 7.54. The Labute approximate surface area is 121 Å². The SMILES string of the molecule is CCCC(=O)C(Br)Cc1ccc(Br)cc1Br. The Morgan fingerprint density at radius 3 is 2.62 bits per heavy atom. The van der Waals surface area contributed by atoms with Crippen molar-refractivity contribution in [3.8, 4) is 0 Å². The monoisotopic (exact) mass is 410 g/mol. The molecule has 88 valence electrons. The Morgan fingerprint density at radius 1 is 1.38 bits per heavy atom. The van der Waals surface area contributed by atoms with E-state index in [0.29, 0.717) is 6.42 Å². The molecule has 0 amide bonds. The first kappa shape index (κ1) is 14.4. The maximum absolute atomic E-state index is 11.7. The molecule has 1 atom stereocenters. The van der Waals surface area contributed by atoms with Crippen molar-refractivity contribution in [3.63, 3.8) is 0 Å². The molecule has 0 radical (unpaired) electrons. The molecule has 0 N–H and O–H groups in total. The first-order valence-corrected chi connectivity index (χ1v) is 7.65. The number of carbonyl (C=O) groups excluding carboxylic acids is 1. The van der Waals surface area contributed by atoms with Crippen molar-refractivity contribution in [1.29, 1.82) is 0 Å². The second kappa shape index (κ2) is 6.92. The topological polar surface area (TPSA) is 17.1 Å². The summed E-state index contributed by atoms with van der Waals surface area (Å²) in [5.41, 5.74) is 1.15. The molecule has 1 aromatic rings. The minimum atomic E-state index is -0.0788. The Hall–Kier alpha value is 0.330. The number of Topliss-reactive ketones (excluding diaryl/α,β-unsaturated/α-hetero) is 1. The molecule has 0 spiro atoms. The third-order valence-corrected chi connectivity index (χ3v) is 4.33. The van der Waals surface area contributed by atoms with E-state index in [1.165, 1.54) is 0 Å². The van der Waals surface area contributed by atoms with E-state index in [-0.39, 0.29) is 10.6 Å². The van der Waals surface area contributed by atoms with Gasteiger partial charge in [0.2, 0.25) is 0 Å². The van der Waals surface area contributed by atoms with E-state index in [2.05, 4.69) is 47.8 Å². The molecule has 0 aliphatic carbocycles. The lowest BCUT2D eigenvalue weighted by atomic mass is 10.1. The summed E-state index contributed by atoms with van der Waals surface area (Å²) in [6.07, 6.45) is 2.28. The molecule has 1 aromatic carbocycles. The van der Waals surface area contributed by atoms with Crippen molar-refractivity contribution in [1.82, 2.24) is 0 Å². The van der Waals surface area contributed by atoms with E-state index in [1.54, 1.807) is 0 Å². The minimum Gasteiger partial charge on any atom is -0.298 e. The molecule has 0 saturated heterocycles. The molecule has 1 unspecified atom stereocenters. The summed E-state index contributed by atoms with van der Waals surface area (Å²) >= 11 is 10.4. The average Bonchev–Trinajstić information content (AvgIpc) is 2.22. The maximum atomic E-state index is 11.7. The highest BCUT2D eigenvalue weighted by Gasteiger charge is 2.15. The van der Waals surface area contributed by atoms with Crippen LogP contribution in [0.2, 0.25) is 0 Å². The zero-order valence-electron chi connectivity index (χ0n) is 8.97. The van der Waals surface area contributed by atoms with Crippen molar-refractivity contribution in [2.24, 2.45) is 0 Å². The fourth-order valence-electron chi connectivity index (χ4n) is 1.40. The summed E-state index contributed by atoms with van der Waals surface area (Å²) in [5, 5.41) is 0. The third kappa shape index (κ3) is 4.30. The molecular weight excluding hydrogens is 400 g/mol. The number of carbonyl (C=O) groups is 1. The van der Waals surface area contributed by atoms with Gasteiger partial charge in [-0.25, -0.2) is 0 Å². The summed E-state index contributed by atoms with van der Waals surface area (Å²) in [6.45, 7) is 2.02. The number of ketones is 1. The fourth-order valence-corrected chi connectivity index (χ4v) is 3.18. The smallest absolute Gasteiger partial charge is 0.146 e. The molecule has 4 heteroatoms. The van der Waals surface area contributed by atoms with Gasteiger partial charge in [0.1, 0.15) is 5.78 Å². The van der Waals surface area contributed by atoms with Gasteiger partial charge in [-0.1, -0.05) is 60.8 Å². The van der Waals surface area contributed by atoms with E-state index in [1.807, 2.05) is 25.1 Å². The standard InChI is InChI=1S/C12H13Br3O/c1-2-3-12(16)11(15)6-8-4-5-9(13)7-10(8)14/h4-5,7,11H,2-3,6H2,1H3. The molecule has 16 heavy (non-hydrogen) atoms. The van der Waals surface area contributed by atoms with E-state index in [0.717, 1.165) is 27.4 Å². The minimum absolute atomic E-state index is 0.0788. The van der Waals surface area contributed by atoms with Crippen molar-refractivity contribution in [3.05, 3.63) is 32.7 Å². The zero-order chi connectivity index (χ0) is 12.1. The van der Waals surface area contributed by atoms with E-state index in [9.17, 15) is 4.79 Å². The predicted molar refractivity (Wildman–Crippen MR) is 78.2 cm³/mol. The van der Waals surface area contributed by atoms with Gasteiger partial charge in [0.15, 0.2) is 0 Å². The lowest BCUT2D eigenvalue weighted by Crippen LogP contribution is -2.16. The molecule has 0 heterocycles. The van der Waals surface area contributed by atoms with E-state index >= 15 is 0 Å². The Morgan fingerprint density at radius 2 is 2.06 bits per heavy atom. The normalized spacial score (nSPS) is 12.5. The van der Waals surface area contributed by atoms with Gasteiger partial charge in [-0.3, -0.25) is 4.79 Å². The number of hydrogen-bond acceptors (Lipinski definition) is 1. The highest BCUT2D eigenvalue weighted by atomic mass is 79.9. The van der Waals surface area contributed by atoms with E-state index < -0.39 is 0 Å². The quantitative estimate of drug-likeness (QED) is 0.629. The highest BCUT2D eigenvalue weighted by Crippen LogP contribution is 2.25. The fraction of sp³-hybridized carbons (Fsp3) is 0.417. The van der Waals surface area contributed by atoms with Gasteiger partial charge in [-0.2, -0.15) is 0 Å². The average molecular weight is 413 g/mol. The molecule has 0 fully saturated rings. The van der Waals surface area contributed by atoms with Crippen LogP contribution in [-0.4, -0.2) is 10.6 Å². The maximum Gasteiger partial charge on any atom is 0.146 e. The zero-order valence-corrected chi connectivity index (χ0v) is 13.7. The van der Waals surface area contributed by atoms with Crippen LogP contribution in [0.3, 0.4) is 0 Å². The van der Waals surface area contributed by atoms with Gasteiger partial charge < -0.3 is 0 Å². The van der Waals surface area contributed by atoms with Gasteiger partial charge in [0.05, 0.1) is 4.83 Å². The lowest BCUT2D eigenvalue weighted by molar-refractivity contribution is -0.118. The van der Waals surface area contributed by atoms with Crippen molar-refractivity contribution in [2.45, 2.75) is 31.0 Å². The van der Waals surface area contributed by atoms with Gasteiger partial charge in [0.25, 0.3) is 0 Å².